The molecule has 0 radical (unpaired) electrons. The lowest BCUT2D eigenvalue weighted by atomic mass is 9.93. The van der Waals surface area contributed by atoms with Gasteiger partial charge in [-0.05, 0) is 13.0 Å². The van der Waals surface area contributed by atoms with E-state index in [0.717, 1.165) is 18.8 Å². The molecule has 0 saturated carbocycles. The van der Waals surface area contributed by atoms with Crippen LogP contribution >= 0.6 is 11.6 Å². The highest BCUT2D eigenvalue weighted by Crippen LogP contribution is 2.30. The first-order valence-corrected chi connectivity index (χ1v) is 4.60. The zero-order chi connectivity index (χ0) is 9.47. The topological polar surface area (TPSA) is 42.1 Å². The summed E-state index contributed by atoms with van der Waals surface area (Å²) in [5.74, 6) is 0. The molecule has 0 atom stereocenters. The van der Waals surface area contributed by atoms with Gasteiger partial charge in [-0.15, -0.1) is 0 Å². The summed E-state index contributed by atoms with van der Waals surface area (Å²) in [5.41, 5.74) is 6.86. The van der Waals surface area contributed by atoms with Crippen molar-refractivity contribution < 1.29 is 0 Å². The summed E-state index contributed by atoms with van der Waals surface area (Å²) >= 11 is 5.98. The van der Waals surface area contributed by atoms with Crippen LogP contribution in [0.3, 0.4) is 0 Å². The lowest BCUT2D eigenvalue weighted by Gasteiger charge is -2.47. The molecule has 2 rings (SSSR count). The Hall–Kier alpha value is -0.800. The first kappa shape index (κ1) is 8.78. The van der Waals surface area contributed by atoms with Crippen LogP contribution in [0.15, 0.2) is 18.5 Å². The van der Waals surface area contributed by atoms with E-state index in [1.54, 1.807) is 12.4 Å². The number of hydrogen-bond acceptors (Lipinski definition) is 3. The molecule has 2 N–H and O–H groups in total. The summed E-state index contributed by atoms with van der Waals surface area (Å²) in [6, 6.07) is 1.91. The molecule has 0 aliphatic carbocycles. The highest BCUT2D eigenvalue weighted by atomic mass is 35.5. The Balaban J connectivity index is 2.16. The summed E-state index contributed by atoms with van der Waals surface area (Å²) in [4.78, 5) is 6.09. The fraction of sp³-hybridized carbons (Fsp3) is 0.444. The Labute approximate surface area is 82.5 Å². The minimum absolute atomic E-state index is 0.0629. The van der Waals surface area contributed by atoms with Crippen LogP contribution in [-0.2, 0) is 0 Å². The molecule has 1 fully saturated rings. The smallest absolute Gasteiger partial charge is 0.0822 e. The van der Waals surface area contributed by atoms with Crippen molar-refractivity contribution in [3.63, 3.8) is 0 Å². The molecule has 1 aromatic heterocycles. The molecule has 3 nitrogen and oxygen atoms in total. The average Bonchev–Trinajstić information content (AvgIpc) is 2.01. The van der Waals surface area contributed by atoms with Crippen LogP contribution < -0.4 is 10.6 Å². The van der Waals surface area contributed by atoms with Gasteiger partial charge in [-0.25, -0.2) is 0 Å². The number of hydrogen-bond donors (Lipinski definition) is 1. The third-order valence-corrected chi connectivity index (χ3v) is 2.49. The van der Waals surface area contributed by atoms with Crippen LogP contribution in [0.4, 0.5) is 5.69 Å². The van der Waals surface area contributed by atoms with Crippen molar-refractivity contribution in [2.75, 3.05) is 18.0 Å². The van der Waals surface area contributed by atoms with E-state index in [-0.39, 0.29) is 5.54 Å². The van der Waals surface area contributed by atoms with Gasteiger partial charge < -0.3 is 10.6 Å². The largest absolute Gasteiger partial charge is 0.366 e. The molecular formula is C9H12ClN3. The molecule has 1 aromatic rings. The van der Waals surface area contributed by atoms with Crippen molar-refractivity contribution in [2.24, 2.45) is 5.73 Å². The highest BCUT2D eigenvalue weighted by Gasteiger charge is 2.35. The van der Waals surface area contributed by atoms with Crippen molar-refractivity contribution in [3.05, 3.63) is 23.5 Å². The first-order chi connectivity index (χ1) is 6.08. The molecule has 1 aliphatic rings. The maximum absolute atomic E-state index is 5.98. The number of aromatic nitrogens is 1. The molecule has 1 aliphatic heterocycles. The zero-order valence-corrected chi connectivity index (χ0v) is 8.25. The van der Waals surface area contributed by atoms with Crippen molar-refractivity contribution >= 4 is 17.3 Å². The van der Waals surface area contributed by atoms with Crippen LogP contribution in [0, 0.1) is 0 Å². The SMILES string of the molecule is CC1(N)CN(c2ccncc2Cl)C1. The molecule has 1 saturated heterocycles. The normalized spacial score (nSPS) is 19.8. The molecule has 0 spiro atoms. The summed E-state index contributed by atoms with van der Waals surface area (Å²) in [6.45, 7) is 3.76. The molecular weight excluding hydrogens is 186 g/mol. The van der Waals surface area contributed by atoms with Gasteiger partial charge in [-0.1, -0.05) is 11.6 Å². The van der Waals surface area contributed by atoms with Gasteiger partial charge in [0.15, 0.2) is 0 Å². The molecule has 0 unspecified atom stereocenters. The van der Waals surface area contributed by atoms with Crippen molar-refractivity contribution in [1.29, 1.82) is 0 Å². The monoisotopic (exact) mass is 197 g/mol. The Morgan fingerprint density at radius 3 is 2.85 bits per heavy atom. The molecule has 0 bridgehead atoms. The third-order valence-electron chi connectivity index (χ3n) is 2.20. The number of pyridine rings is 1. The minimum Gasteiger partial charge on any atom is -0.366 e. The lowest BCUT2D eigenvalue weighted by molar-refractivity contribution is 0.365. The molecule has 13 heavy (non-hydrogen) atoms. The van der Waals surface area contributed by atoms with E-state index in [4.69, 9.17) is 17.3 Å². The van der Waals surface area contributed by atoms with E-state index in [2.05, 4.69) is 9.88 Å². The maximum atomic E-state index is 5.98. The second kappa shape index (κ2) is 2.86. The third kappa shape index (κ3) is 1.62. The van der Waals surface area contributed by atoms with Crippen molar-refractivity contribution in [3.8, 4) is 0 Å². The Kier molecular flexibility index (Phi) is 1.93. The number of anilines is 1. The van der Waals surface area contributed by atoms with E-state index in [9.17, 15) is 0 Å². The summed E-state index contributed by atoms with van der Waals surface area (Å²) in [6.07, 6.45) is 3.40. The van der Waals surface area contributed by atoms with E-state index in [0.29, 0.717) is 5.02 Å². The fourth-order valence-electron chi connectivity index (χ4n) is 1.62. The summed E-state index contributed by atoms with van der Waals surface area (Å²) in [7, 11) is 0. The summed E-state index contributed by atoms with van der Waals surface area (Å²) in [5, 5.41) is 0.693. The fourth-order valence-corrected chi connectivity index (χ4v) is 1.86. The van der Waals surface area contributed by atoms with Gasteiger partial charge in [0.2, 0.25) is 0 Å². The quantitative estimate of drug-likeness (QED) is 0.738. The van der Waals surface area contributed by atoms with Gasteiger partial charge in [0.05, 0.1) is 10.7 Å². The minimum atomic E-state index is -0.0629. The van der Waals surface area contributed by atoms with E-state index in [1.807, 2.05) is 13.0 Å². The molecule has 2 heterocycles. The molecule has 4 heteroatoms. The van der Waals surface area contributed by atoms with Gasteiger partial charge in [0, 0.05) is 31.0 Å². The number of nitrogens with zero attached hydrogens (tertiary/aromatic N) is 2. The van der Waals surface area contributed by atoms with E-state index in [1.165, 1.54) is 0 Å². The Morgan fingerprint density at radius 1 is 1.62 bits per heavy atom. The van der Waals surface area contributed by atoms with Gasteiger partial charge in [0.1, 0.15) is 0 Å². The number of halogens is 1. The average molecular weight is 198 g/mol. The van der Waals surface area contributed by atoms with Crippen LogP contribution in [0.5, 0.6) is 0 Å². The lowest BCUT2D eigenvalue weighted by Crippen LogP contribution is -2.65. The van der Waals surface area contributed by atoms with Crippen LogP contribution in [0.25, 0.3) is 0 Å². The summed E-state index contributed by atoms with van der Waals surface area (Å²) < 4.78 is 0. The highest BCUT2D eigenvalue weighted by molar-refractivity contribution is 6.33. The molecule has 70 valence electrons. The zero-order valence-electron chi connectivity index (χ0n) is 7.50. The maximum Gasteiger partial charge on any atom is 0.0822 e. The van der Waals surface area contributed by atoms with Crippen molar-refractivity contribution in [1.82, 2.24) is 4.98 Å². The number of rotatable bonds is 1. The van der Waals surface area contributed by atoms with E-state index < -0.39 is 0 Å². The molecule has 0 amide bonds. The van der Waals surface area contributed by atoms with Gasteiger partial charge in [-0.2, -0.15) is 0 Å². The molecule has 0 aromatic carbocycles. The Morgan fingerprint density at radius 2 is 2.31 bits per heavy atom. The second-order valence-electron chi connectivity index (χ2n) is 3.84. The number of nitrogens with two attached hydrogens (primary N) is 1. The van der Waals surface area contributed by atoms with Gasteiger partial charge in [0.25, 0.3) is 0 Å². The predicted molar refractivity (Wildman–Crippen MR) is 54.1 cm³/mol. The van der Waals surface area contributed by atoms with Crippen LogP contribution in [0.1, 0.15) is 6.92 Å². The van der Waals surface area contributed by atoms with Crippen molar-refractivity contribution in [2.45, 2.75) is 12.5 Å². The Bertz CT molecular complexity index is 316. The second-order valence-corrected chi connectivity index (χ2v) is 4.24. The predicted octanol–water partition coefficient (Wildman–Crippen LogP) is 1.27. The first-order valence-electron chi connectivity index (χ1n) is 4.22. The van der Waals surface area contributed by atoms with E-state index >= 15 is 0 Å². The van der Waals surface area contributed by atoms with Gasteiger partial charge in [-0.3, -0.25) is 4.98 Å². The standard InChI is InChI=1S/C9H12ClN3/c1-9(11)5-13(6-9)8-2-3-12-4-7(8)10/h2-4H,5-6,11H2,1H3. The van der Waals surface area contributed by atoms with Crippen LogP contribution in [0.2, 0.25) is 5.02 Å². The van der Waals surface area contributed by atoms with Crippen LogP contribution in [-0.4, -0.2) is 23.6 Å². The van der Waals surface area contributed by atoms with Gasteiger partial charge >= 0.3 is 0 Å².